The maximum atomic E-state index is 13.4. The van der Waals surface area contributed by atoms with E-state index in [0.29, 0.717) is 47.2 Å². The molecular formula is C29H38N6O5. The van der Waals surface area contributed by atoms with Gasteiger partial charge in [0.2, 0.25) is 5.91 Å². The lowest BCUT2D eigenvalue weighted by atomic mass is 10.0. The van der Waals surface area contributed by atoms with Crippen molar-refractivity contribution in [2.24, 2.45) is 5.92 Å². The number of nitrogens with zero attached hydrogens (tertiary/aromatic N) is 4. The van der Waals surface area contributed by atoms with E-state index in [0.717, 1.165) is 12.1 Å². The topological polar surface area (TPSA) is 133 Å². The van der Waals surface area contributed by atoms with Gasteiger partial charge in [-0.1, -0.05) is 12.1 Å². The lowest BCUT2D eigenvalue weighted by molar-refractivity contribution is -0.134. The van der Waals surface area contributed by atoms with Crippen LogP contribution in [0.25, 0.3) is 0 Å². The molecule has 0 radical (unpaired) electrons. The molecule has 3 aromatic rings. The molecule has 0 unspecified atom stereocenters. The van der Waals surface area contributed by atoms with Crippen LogP contribution in [0.4, 0.5) is 16.2 Å². The van der Waals surface area contributed by atoms with Crippen LogP contribution in [0.15, 0.2) is 47.2 Å². The van der Waals surface area contributed by atoms with E-state index in [-0.39, 0.29) is 37.0 Å². The molecule has 0 saturated heterocycles. The molecule has 0 saturated carbocycles. The van der Waals surface area contributed by atoms with Gasteiger partial charge in [0.1, 0.15) is 23.2 Å². The zero-order valence-corrected chi connectivity index (χ0v) is 23.7. The molecule has 11 nitrogen and oxygen atoms in total. The predicted molar refractivity (Wildman–Crippen MR) is 151 cm³/mol. The number of amides is 3. The van der Waals surface area contributed by atoms with E-state index < -0.39 is 6.03 Å². The highest BCUT2D eigenvalue weighted by Gasteiger charge is 2.31. The highest BCUT2D eigenvalue weighted by Crippen LogP contribution is 2.29. The number of pyridine rings is 1. The lowest BCUT2D eigenvalue weighted by Gasteiger charge is -2.34. The number of urea groups is 1. The molecule has 0 fully saturated rings. The number of aliphatic hydroxyl groups is 1. The predicted octanol–water partition coefficient (Wildman–Crippen LogP) is 3.61. The summed E-state index contributed by atoms with van der Waals surface area (Å²) in [6, 6.07) is 8.48. The summed E-state index contributed by atoms with van der Waals surface area (Å²) in [4.78, 5) is 34.2. The second kappa shape index (κ2) is 12.9. The van der Waals surface area contributed by atoms with Gasteiger partial charge in [-0.15, -0.1) is 0 Å². The van der Waals surface area contributed by atoms with Crippen LogP contribution in [0.1, 0.15) is 36.4 Å². The van der Waals surface area contributed by atoms with Crippen molar-refractivity contribution in [2.75, 3.05) is 37.4 Å². The zero-order valence-electron chi connectivity index (χ0n) is 23.7. The summed E-state index contributed by atoms with van der Waals surface area (Å²) in [6.07, 6.45) is 3.40. The summed E-state index contributed by atoms with van der Waals surface area (Å²) in [7, 11) is 2.04. The minimum atomic E-state index is -0.454. The van der Waals surface area contributed by atoms with Crippen molar-refractivity contribution in [3.8, 4) is 5.75 Å². The highest BCUT2D eigenvalue weighted by molar-refractivity contribution is 6.00. The Labute approximate surface area is 234 Å². The van der Waals surface area contributed by atoms with Gasteiger partial charge in [0.25, 0.3) is 0 Å². The Bertz CT molecular complexity index is 1290. The fraction of sp³-hybridized carbons (Fsp3) is 0.448. The van der Waals surface area contributed by atoms with Crippen LogP contribution < -0.4 is 15.4 Å². The number of nitrogens with one attached hydrogen (secondary N) is 2. The number of benzene rings is 1. The number of aromatic nitrogens is 2. The van der Waals surface area contributed by atoms with E-state index in [1.807, 2.05) is 26.1 Å². The molecule has 11 heteroatoms. The molecule has 4 rings (SSSR count). The van der Waals surface area contributed by atoms with Crippen molar-refractivity contribution in [3.63, 3.8) is 0 Å². The van der Waals surface area contributed by atoms with Gasteiger partial charge < -0.3 is 29.9 Å². The van der Waals surface area contributed by atoms with Crippen LogP contribution in [-0.2, 0) is 17.8 Å². The molecule has 214 valence electrons. The Morgan fingerprint density at radius 2 is 1.98 bits per heavy atom. The maximum absolute atomic E-state index is 13.4. The highest BCUT2D eigenvalue weighted by atomic mass is 16.5. The molecule has 1 aliphatic heterocycles. The van der Waals surface area contributed by atoms with Gasteiger partial charge in [0, 0.05) is 49.2 Å². The van der Waals surface area contributed by atoms with Crippen LogP contribution in [0.2, 0.25) is 0 Å². The SMILES string of the molecule is Cc1noc(C)c1NC(=O)Nc1ccc2c(c1)CC(=O)N([C@@H](C)CO)C[C@H](C)[C@@H](CN(C)Cc1ccncc1)O2. The number of ether oxygens (including phenoxy) is 1. The molecule has 2 aromatic heterocycles. The molecular weight excluding hydrogens is 512 g/mol. The van der Waals surface area contributed by atoms with E-state index in [4.69, 9.17) is 9.26 Å². The maximum Gasteiger partial charge on any atom is 0.323 e. The van der Waals surface area contributed by atoms with E-state index >= 15 is 0 Å². The molecule has 0 spiro atoms. The number of carbonyl (C=O) groups is 2. The molecule has 3 N–H and O–H groups in total. The molecule has 40 heavy (non-hydrogen) atoms. The Balaban J connectivity index is 1.57. The minimum Gasteiger partial charge on any atom is -0.488 e. The molecule has 3 heterocycles. The van der Waals surface area contributed by atoms with Crippen molar-refractivity contribution in [1.29, 1.82) is 0 Å². The average molecular weight is 551 g/mol. The number of carbonyl (C=O) groups excluding carboxylic acids is 2. The Morgan fingerprint density at radius 3 is 2.65 bits per heavy atom. The zero-order chi connectivity index (χ0) is 28.8. The fourth-order valence-electron chi connectivity index (χ4n) is 4.83. The first-order chi connectivity index (χ1) is 19.1. The van der Waals surface area contributed by atoms with Gasteiger partial charge in [-0.3, -0.25) is 14.7 Å². The van der Waals surface area contributed by atoms with Gasteiger partial charge in [0.05, 0.1) is 19.1 Å². The molecule has 1 aliphatic rings. The monoisotopic (exact) mass is 550 g/mol. The number of aryl methyl sites for hydroxylation is 2. The summed E-state index contributed by atoms with van der Waals surface area (Å²) >= 11 is 0. The van der Waals surface area contributed by atoms with Gasteiger partial charge in [-0.25, -0.2) is 4.79 Å². The summed E-state index contributed by atoms with van der Waals surface area (Å²) in [6.45, 7) is 9.03. The van der Waals surface area contributed by atoms with Crippen molar-refractivity contribution in [1.82, 2.24) is 19.9 Å². The number of rotatable bonds is 8. The number of aliphatic hydroxyl groups excluding tert-OH is 1. The third kappa shape index (κ3) is 7.16. The molecule has 1 aromatic carbocycles. The first-order valence-corrected chi connectivity index (χ1v) is 13.4. The third-order valence-electron chi connectivity index (χ3n) is 7.14. The van der Waals surface area contributed by atoms with Crippen LogP contribution in [0, 0.1) is 19.8 Å². The molecule has 0 aliphatic carbocycles. The van der Waals surface area contributed by atoms with Crippen LogP contribution in [0.3, 0.4) is 0 Å². The summed E-state index contributed by atoms with van der Waals surface area (Å²) in [5.74, 6) is 0.981. The fourth-order valence-corrected chi connectivity index (χ4v) is 4.83. The summed E-state index contributed by atoms with van der Waals surface area (Å²) in [5, 5.41) is 19.3. The molecule has 3 amide bonds. The van der Waals surface area contributed by atoms with Gasteiger partial charge in [-0.2, -0.15) is 0 Å². The first kappa shape index (κ1) is 29.0. The van der Waals surface area contributed by atoms with E-state index in [9.17, 15) is 14.7 Å². The molecule has 3 atom stereocenters. The van der Waals surface area contributed by atoms with E-state index in [1.165, 1.54) is 0 Å². The number of hydrogen-bond acceptors (Lipinski definition) is 8. The molecule has 0 bridgehead atoms. The lowest BCUT2D eigenvalue weighted by Crippen LogP contribution is -2.47. The van der Waals surface area contributed by atoms with Crippen LogP contribution in [-0.4, -0.2) is 75.9 Å². The van der Waals surface area contributed by atoms with Gasteiger partial charge >= 0.3 is 6.03 Å². The Kier molecular flexibility index (Phi) is 9.38. The third-order valence-corrected chi connectivity index (χ3v) is 7.14. The number of likely N-dealkylation sites (N-methyl/N-ethyl adjacent to an activating group) is 1. The average Bonchev–Trinajstić information content (AvgIpc) is 3.25. The second-order valence-corrected chi connectivity index (χ2v) is 10.5. The second-order valence-electron chi connectivity index (χ2n) is 10.5. The normalized spacial score (nSPS) is 18.3. The van der Waals surface area contributed by atoms with Crippen molar-refractivity contribution in [2.45, 2.75) is 52.8 Å². The van der Waals surface area contributed by atoms with Crippen molar-refractivity contribution in [3.05, 3.63) is 65.3 Å². The number of fused-ring (bicyclic) bond motifs is 1. The Hall–Kier alpha value is -3.96. The number of hydrogen-bond donors (Lipinski definition) is 3. The van der Waals surface area contributed by atoms with Crippen LogP contribution >= 0.6 is 0 Å². The first-order valence-electron chi connectivity index (χ1n) is 13.4. The largest absolute Gasteiger partial charge is 0.488 e. The van der Waals surface area contributed by atoms with Crippen LogP contribution in [0.5, 0.6) is 5.75 Å². The van der Waals surface area contributed by atoms with Gasteiger partial charge in [0.15, 0.2) is 5.76 Å². The van der Waals surface area contributed by atoms with Crippen molar-refractivity contribution >= 4 is 23.3 Å². The standard InChI is InChI=1S/C29H38N6O5/c1-18-14-35(19(2)17-36)27(37)13-23-12-24(31-29(38)32-28-20(3)33-40-21(28)4)6-7-25(23)39-26(18)16-34(5)15-22-8-10-30-11-9-22/h6-12,18-19,26,36H,13-17H2,1-5H3,(H2,31,32,38)/t18-,19-,26+/m0/s1. The van der Waals surface area contributed by atoms with E-state index in [2.05, 4.69) is 32.6 Å². The number of anilines is 2. The summed E-state index contributed by atoms with van der Waals surface area (Å²) < 4.78 is 11.7. The van der Waals surface area contributed by atoms with Crippen molar-refractivity contribution < 1.29 is 24.0 Å². The summed E-state index contributed by atoms with van der Waals surface area (Å²) in [5.41, 5.74) is 3.41. The van der Waals surface area contributed by atoms with E-state index in [1.54, 1.807) is 49.3 Å². The Morgan fingerprint density at radius 1 is 1.23 bits per heavy atom. The van der Waals surface area contributed by atoms with Gasteiger partial charge in [-0.05, 0) is 63.7 Å². The quantitative estimate of drug-likeness (QED) is 0.387. The smallest absolute Gasteiger partial charge is 0.323 e. The minimum absolute atomic E-state index is 0.0116.